The Morgan fingerprint density at radius 2 is 1.71 bits per heavy atom. The fourth-order valence-corrected chi connectivity index (χ4v) is 13.7. The molecule has 4 heterocycles. The van der Waals surface area contributed by atoms with Crippen LogP contribution in [0.5, 0.6) is 5.75 Å². The number of nitrogens with one attached hydrogen (secondary N) is 1. The SMILES string of the molecule is COc1ccc2c(c1)[C@@H]1C[C@]1(S(=O)(=O)N1CCC[C@H]3CN(Cc4ccccc4)C[C@H]31)Cn1c-2c(C2CCCCC2)c2ccc(C(=O)NS(=O)(=O)C(C)C)cc21. The number of likely N-dealkylation sites (tertiary alicyclic amines) is 1. The summed E-state index contributed by atoms with van der Waals surface area (Å²) in [6.07, 6.45) is 7.88. The van der Waals surface area contributed by atoms with E-state index in [1.54, 1.807) is 19.2 Å². The minimum Gasteiger partial charge on any atom is -0.497 e. The lowest BCUT2D eigenvalue weighted by Gasteiger charge is -2.38. The summed E-state index contributed by atoms with van der Waals surface area (Å²) in [5.41, 5.74) is 6.52. The van der Waals surface area contributed by atoms with Crippen LogP contribution >= 0.6 is 0 Å². The highest BCUT2D eigenvalue weighted by Gasteiger charge is 2.68. The quantitative estimate of drug-likeness (QED) is 0.194. The third kappa shape index (κ3) is 6.13. The van der Waals surface area contributed by atoms with Crippen molar-refractivity contribution in [3.05, 3.63) is 89.0 Å². The lowest BCUT2D eigenvalue weighted by atomic mass is 9.81. The fraction of sp³-hybridized carbons (Fsp3) is 0.512. The fourth-order valence-electron chi connectivity index (χ4n) is 10.5. The molecule has 55 heavy (non-hydrogen) atoms. The largest absolute Gasteiger partial charge is 0.497 e. The second-order valence-electron chi connectivity index (χ2n) is 17.0. The molecule has 2 saturated carbocycles. The molecule has 4 atom stereocenters. The standard InChI is InChI=1S/C43H52N4O6S2/c1-28(2)54(49,50)44-42(48)31-16-18-35-38(21-31)46-27-43(55(51,52)47-20-10-15-32-25-45(26-39(32)47)24-29-11-6-4-7-12-29)23-37(43)36-22-33(53-3)17-19-34(36)41(46)40(35)30-13-8-5-9-14-30/h4,6-7,11-12,16-19,21-22,28,30,32,37,39H,5,8-10,13-15,20,23-27H2,1-3H3,(H,44,48)/t32-,37-,39+,43-/m0/s1. The summed E-state index contributed by atoms with van der Waals surface area (Å²) >= 11 is 0. The van der Waals surface area contributed by atoms with Gasteiger partial charge in [0.1, 0.15) is 10.5 Å². The van der Waals surface area contributed by atoms with Gasteiger partial charge in [-0.1, -0.05) is 55.7 Å². The molecule has 2 aliphatic carbocycles. The molecular weight excluding hydrogens is 733 g/mol. The highest BCUT2D eigenvalue weighted by atomic mass is 32.2. The van der Waals surface area contributed by atoms with E-state index in [1.165, 1.54) is 31.4 Å². The van der Waals surface area contributed by atoms with Crippen molar-refractivity contribution >= 4 is 36.9 Å². The molecule has 0 spiro atoms. The summed E-state index contributed by atoms with van der Waals surface area (Å²) in [4.78, 5) is 16.0. The van der Waals surface area contributed by atoms with Gasteiger partial charge in [-0.2, -0.15) is 4.31 Å². The number of nitrogens with zero attached hydrogens (tertiary/aromatic N) is 3. The van der Waals surface area contributed by atoms with Gasteiger partial charge < -0.3 is 9.30 Å². The van der Waals surface area contributed by atoms with Crippen LogP contribution in [0.3, 0.4) is 0 Å². The molecule has 3 aliphatic heterocycles. The van der Waals surface area contributed by atoms with Crippen molar-refractivity contribution < 1.29 is 26.4 Å². The zero-order chi connectivity index (χ0) is 38.3. The van der Waals surface area contributed by atoms with Crippen molar-refractivity contribution in [2.24, 2.45) is 5.92 Å². The van der Waals surface area contributed by atoms with Crippen LogP contribution < -0.4 is 9.46 Å². The van der Waals surface area contributed by atoms with E-state index in [4.69, 9.17) is 4.74 Å². The Morgan fingerprint density at radius 3 is 2.45 bits per heavy atom. The number of carbonyl (C=O) groups excluding carboxylic acids is 1. The van der Waals surface area contributed by atoms with Crippen LogP contribution in [0.1, 0.15) is 104 Å². The number of hydrogen-bond acceptors (Lipinski definition) is 7. The number of hydrogen-bond donors (Lipinski definition) is 1. The second-order valence-corrected chi connectivity index (χ2v) is 21.4. The highest BCUT2D eigenvalue weighted by Crippen LogP contribution is 2.64. The molecule has 2 saturated heterocycles. The summed E-state index contributed by atoms with van der Waals surface area (Å²) in [7, 11) is -6.05. The Hall–Kier alpha value is -3.71. The van der Waals surface area contributed by atoms with E-state index in [0.29, 0.717) is 25.3 Å². The van der Waals surface area contributed by atoms with Crippen molar-refractivity contribution in [3.8, 4) is 17.0 Å². The second kappa shape index (κ2) is 13.7. The van der Waals surface area contributed by atoms with E-state index in [1.807, 2.05) is 22.5 Å². The first-order chi connectivity index (χ1) is 26.4. The summed E-state index contributed by atoms with van der Waals surface area (Å²) in [6, 6.07) is 21.9. The molecule has 1 aromatic heterocycles. The van der Waals surface area contributed by atoms with E-state index in [9.17, 15) is 13.2 Å². The normalized spacial score (nSPS) is 25.9. The Bertz CT molecular complexity index is 2370. The van der Waals surface area contributed by atoms with E-state index in [0.717, 1.165) is 79.3 Å². The molecule has 0 bridgehead atoms. The van der Waals surface area contributed by atoms with E-state index < -0.39 is 36.0 Å². The van der Waals surface area contributed by atoms with Gasteiger partial charge in [-0.15, -0.1) is 0 Å². The number of piperidine rings is 1. The summed E-state index contributed by atoms with van der Waals surface area (Å²) in [5, 5.41) is 0.233. The Morgan fingerprint density at radius 1 is 0.927 bits per heavy atom. The smallest absolute Gasteiger partial charge is 0.264 e. The van der Waals surface area contributed by atoms with Crippen LogP contribution in [0.15, 0.2) is 66.7 Å². The number of amides is 1. The van der Waals surface area contributed by atoms with Gasteiger partial charge in [-0.05, 0) is 105 Å². The number of methoxy groups -OCH3 is 1. The van der Waals surface area contributed by atoms with Gasteiger partial charge in [0.15, 0.2) is 0 Å². The van der Waals surface area contributed by atoms with Gasteiger partial charge in [-0.25, -0.2) is 21.6 Å². The molecule has 9 rings (SSSR count). The van der Waals surface area contributed by atoms with Crippen molar-refractivity contribution in [2.75, 3.05) is 26.7 Å². The van der Waals surface area contributed by atoms with Gasteiger partial charge in [-0.3, -0.25) is 9.69 Å². The molecular formula is C43H52N4O6S2. The zero-order valence-corrected chi connectivity index (χ0v) is 33.7. The average molecular weight is 785 g/mol. The predicted octanol–water partition coefficient (Wildman–Crippen LogP) is 7.00. The van der Waals surface area contributed by atoms with Crippen molar-refractivity contribution in [3.63, 3.8) is 0 Å². The van der Waals surface area contributed by atoms with Crippen molar-refractivity contribution in [2.45, 2.75) is 106 Å². The number of fused-ring (bicyclic) bond motifs is 8. The number of benzene rings is 3. The predicted molar refractivity (Wildman–Crippen MR) is 215 cm³/mol. The Labute approximate surface area is 325 Å². The maximum Gasteiger partial charge on any atom is 0.264 e. The summed E-state index contributed by atoms with van der Waals surface area (Å²) in [5.74, 6) is 0.361. The Balaban J connectivity index is 1.18. The van der Waals surface area contributed by atoms with E-state index >= 15 is 8.42 Å². The molecule has 3 aromatic carbocycles. The topological polar surface area (TPSA) is 118 Å². The van der Waals surface area contributed by atoms with E-state index in [-0.39, 0.29) is 35.9 Å². The lowest BCUT2D eigenvalue weighted by Crippen LogP contribution is -2.53. The van der Waals surface area contributed by atoms with Gasteiger partial charge in [0.05, 0.1) is 18.1 Å². The molecule has 5 aliphatic rings. The van der Waals surface area contributed by atoms with Crippen molar-refractivity contribution in [1.29, 1.82) is 0 Å². The molecule has 1 amide bonds. The molecule has 0 radical (unpaired) electrons. The van der Waals surface area contributed by atoms with Crippen LogP contribution in [-0.4, -0.2) is 79.3 Å². The first kappa shape index (κ1) is 36.9. The van der Waals surface area contributed by atoms with Gasteiger partial charge in [0, 0.05) is 66.7 Å². The summed E-state index contributed by atoms with van der Waals surface area (Å²) in [6.45, 7) is 6.26. The molecule has 10 nitrogen and oxygen atoms in total. The Kier molecular flexibility index (Phi) is 9.22. The number of rotatable bonds is 9. The average Bonchev–Trinajstić information content (AvgIpc) is 3.69. The zero-order valence-electron chi connectivity index (χ0n) is 32.0. The first-order valence-electron chi connectivity index (χ1n) is 20.1. The van der Waals surface area contributed by atoms with E-state index in [2.05, 4.69) is 50.6 Å². The number of sulfonamides is 2. The van der Waals surface area contributed by atoms with Crippen LogP contribution in [-0.2, 0) is 33.1 Å². The first-order valence-corrected chi connectivity index (χ1v) is 23.1. The minimum absolute atomic E-state index is 0.0806. The minimum atomic E-state index is -3.86. The number of aromatic nitrogens is 1. The van der Waals surface area contributed by atoms with Crippen molar-refractivity contribution in [1.82, 2.24) is 18.5 Å². The number of carbonyl (C=O) groups is 1. The molecule has 0 unspecified atom stereocenters. The third-order valence-electron chi connectivity index (χ3n) is 13.5. The monoisotopic (exact) mass is 784 g/mol. The highest BCUT2D eigenvalue weighted by molar-refractivity contribution is 7.91. The van der Waals surface area contributed by atoms with Gasteiger partial charge in [0.25, 0.3) is 5.91 Å². The third-order valence-corrected chi connectivity index (χ3v) is 17.8. The molecule has 1 N–H and O–H groups in total. The molecule has 12 heteroatoms. The van der Waals surface area contributed by atoms with Gasteiger partial charge in [0.2, 0.25) is 20.0 Å². The molecule has 4 fully saturated rings. The van der Waals surface area contributed by atoms with Crippen LogP contribution in [0, 0.1) is 5.92 Å². The maximum absolute atomic E-state index is 15.6. The van der Waals surface area contributed by atoms with Crippen LogP contribution in [0.2, 0.25) is 0 Å². The number of ether oxygens (including phenoxy) is 1. The lowest BCUT2D eigenvalue weighted by molar-refractivity contribution is 0.0981. The molecule has 292 valence electrons. The van der Waals surface area contributed by atoms with Crippen LogP contribution in [0.4, 0.5) is 0 Å². The summed E-state index contributed by atoms with van der Waals surface area (Å²) < 4.78 is 67.8. The maximum atomic E-state index is 15.6. The van der Waals surface area contributed by atoms with Crippen LogP contribution in [0.25, 0.3) is 22.2 Å². The van der Waals surface area contributed by atoms with Gasteiger partial charge >= 0.3 is 0 Å². The molecule has 4 aromatic rings.